The van der Waals surface area contributed by atoms with E-state index in [2.05, 4.69) is 6.92 Å². The van der Waals surface area contributed by atoms with Gasteiger partial charge in [0, 0.05) is 0 Å². The van der Waals surface area contributed by atoms with Crippen molar-refractivity contribution in [2.75, 3.05) is 20.2 Å². The van der Waals surface area contributed by atoms with Gasteiger partial charge in [0.25, 0.3) is 0 Å². The number of carbonyl (C=O) groups excluding carboxylic acids is 1. The number of nitrogens with zero attached hydrogens (tertiary/aromatic N) is 1. The van der Waals surface area contributed by atoms with Crippen molar-refractivity contribution in [1.29, 1.82) is 0 Å². The predicted molar refractivity (Wildman–Crippen MR) is 68.8 cm³/mol. The quantitative estimate of drug-likeness (QED) is 0.207. The number of hydrogen-bond donors (Lipinski definition) is 2. The van der Waals surface area contributed by atoms with Gasteiger partial charge in [0.1, 0.15) is 0 Å². The number of nitrogens with two attached hydrogens (primary N) is 2. The minimum Gasteiger partial charge on any atom is -0.463 e. The molecule has 0 rings (SSSR count). The normalized spacial score (nSPS) is 10.0. The Morgan fingerprint density at radius 2 is 1.71 bits per heavy atom. The summed E-state index contributed by atoms with van der Waals surface area (Å²) in [5.41, 5.74) is 10.6. The lowest BCUT2D eigenvalue weighted by Crippen LogP contribution is -2.36. The highest BCUT2D eigenvalue weighted by Gasteiger charge is 2.07. The number of likely N-dealkylation sites (N-methyl/N-ethyl adjacent to an activating group) is 1. The second kappa shape index (κ2) is 9.93. The van der Waals surface area contributed by atoms with Gasteiger partial charge in [0.15, 0.2) is 6.54 Å². The Labute approximate surface area is 104 Å². The van der Waals surface area contributed by atoms with E-state index < -0.39 is 0 Å². The van der Waals surface area contributed by atoms with Crippen molar-refractivity contribution in [2.45, 2.75) is 45.4 Å². The lowest BCUT2D eigenvalue weighted by atomic mass is 10.1. The van der Waals surface area contributed by atoms with Crippen LogP contribution < -0.4 is 11.5 Å². The highest BCUT2D eigenvalue weighted by Crippen LogP contribution is 2.04. The average molecular weight is 244 g/mol. The zero-order valence-corrected chi connectivity index (χ0v) is 11.1. The molecule has 5 heteroatoms. The summed E-state index contributed by atoms with van der Waals surface area (Å²) in [4.78, 5) is 11.3. The number of unbranched alkanes of at least 4 members (excludes halogenated alkanes) is 5. The first kappa shape index (κ1) is 15.7. The molecule has 0 radical (unpaired) electrons. The first-order chi connectivity index (χ1) is 8.07. The van der Waals surface area contributed by atoms with Crippen LogP contribution in [0, 0.1) is 0 Å². The van der Waals surface area contributed by atoms with Crippen LogP contribution in [0.25, 0.3) is 0 Å². The van der Waals surface area contributed by atoms with Gasteiger partial charge in [-0.25, -0.2) is 4.79 Å². The summed E-state index contributed by atoms with van der Waals surface area (Å²) in [5.74, 6) is -0.157. The Bertz CT molecular complexity index is 248. The average Bonchev–Trinajstić information content (AvgIpc) is 2.27. The van der Waals surface area contributed by atoms with Gasteiger partial charge in [-0.2, -0.15) is 0 Å². The van der Waals surface area contributed by atoms with E-state index in [1.165, 1.54) is 30.3 Å². The van der Waals surface area contributed by atoms with Crippen molar-refractivity contribution in [2.24, 2.45) is 11.5 Å². The van der Waals surface area contributed by atoms with Crippen LogP contribution in [-0.2, 0) is 9.53 Å². The van der Waals surface area contributed by atoms with Crippen LogP contribution >= 0.6 is 0 Å². The molecule has 0 spiro atoms. The fourth-order valence-corrected chi connectivity index (χ4v) is 1.40. The van der Waals surface area contributed by atoms with Gasteiger partial charge < -0.3 is 4.74 Å². The number of hydrogen-bond acceptors (Lipinski definition) is 2. The lowest BCUT2D eigenvalue weighted by Gasteiger charge is -2.05. The van der Waals surface area contributed by atoms with Gasteiger partial charge in [-0.1, -0.05) is 39.0 Å². The monoisotopic (exact) mass is 244 g/mol. The van der Waals surface area contributed by atoms with E-state index in [0.717, 1.165) is 12.8 Å². The smallest absolute Gasteiger partial charge is 0.341 e. The zero-order valence-electron chi connectivity index (χ0n) is 11.1. The summed E-state index contributed by atoms with van der Waals surface area (Å²) < 4.78 is 6.53. The molecule has 0 aromatic heterocycles. The molecule has 0 bridgehead atoms. The van der Waals surface area contributed by atoms with Gasteiger partial charge >= 0.3 is 11.9 Å². The summed E-state index contributed by atoms with van der Waals surface area (Å²) >= 11 is 0. The van der Waals surface area contributed by atoms with Crippen molar-refractivity contribution in [3.05, 3.63) is 0 Å². The van der Waals surface area contributed by atoms with E-state index in [1.54, 1.807) is 7.05 Å². The molecule has 100 valence electrons. The third-order valence-corrected chi connectivity index (χ3v) is 2.57. The fraction of sp³-hybridized carbons (Fsp3) is 0.833. The van der Waals surface area contributed by atoms with Crippen LogP contribution in [-0.4, -0.2) is 36.7 Å². The van der Waals surface area contributed by atoms with E-state index >= 15 is 0 Å². The molecule has 5 nitrogen and oxygen atoms in total. The fourth-order valence-electron chi connectivity index (χ4n) is 1.40. The highest BCUT2D eigenvalue weighted by molar-refractivity contribution is 5.74. The molecule has 0 aromatic rings. The molecule has 0 heterocycles. The summed E-state index contributed by atoms with van der Waals surface area (Å²) in [6.07, 6.45) is 7.07. The molecule has 0 aliphatic carbocycles. The van der Waals surface area contributed by atoms with Crippen molar-refractivity contribution in [3.63, 3.8) is 0 Å². The molecular formula is C12H26N3O2+. The second-order valence-corrected chi connectivity index (χ2v) is 4.27. The SMILES string of the molecule is CCCCCCCCOC(=O)C[N+](C)=C(N)N. The summed E-state index contributed by atoms with van der Waals surface area (Å²) in [6, 6.07) is 0. The molecule has 17 heavy (non-hydrogen) atoms. The number of rotatable bonds is 9. The number of esters is 1. The standard InChI is InChI=1S/C12H25N3O2/c1-3-4-5-6-7-8-9-17-11(16)10-15(2)12(13)14/h3-10H2,1-2H3,(H3,13,14)/p+1. The van der Waals surface area contributed by atoms with Crippen molar-refractivity contribution in [3.8, 4) is 0 Å². The topological polar surface area (TPSA) is 81.3 Å². The summed E-state index contributed by atoms with van der Waals surface area (Å²) in [6.45, 7) is 2.79. The summed E-state index contributed by atoms with van der Waals surface area (Å²) in [7, 11) is 1.65. The highest BCUT2D eigenvalue weighted by atomic mass is 16.5. The maximum Gasteiger partial charge on any atom is 0.341 e. The molecule has 0 aromatic carbocycles. The molecule has 0 aliphatic rings. The zero-order chi connectivity index (χ0) is 13.1. The number of carbonyl (C=O) groups is 1. The molecule has 0 saturated heterocycles. The van der Waals surface area contributed by atoms with Crippen LogP contribution in [0.2, 0.25) is 0 Å². The van der Waals surface area contributed by atoms with E-state index in [9.17, 15) is 4.79 Å². The third-order valence-electron chi connectivity index (χ3n) is 2.57. The Balaban J connectivity index is 3.43. The predicted octanol–water partition coefficient (Wildman–Crippen LogP) is 0.806. The van der Waals surface area contributed by atoms with Gasteiger partial charge in [0.2, 0.25) is 0 Å². The van der Waals surface area contributed by atoms with E-state index in [-0.39, 0.29) is 18.5 Å². The first-order valence-electron chi connectivity index (χ1n) is 6.32. The molecule has 0 fully saturated rings. The van der Waals surface area contributed by atoms with Crippen molar-refractivity contribution in [1.82, 2.24) is 0 Å². The number of guanidine groups is 1. The first-order valence-corrected chi connectivity index (χ1v) is 6.32. The minimum atomic E-state index is -0.283. The van der Waals surface area contributed by atoms with Crippen LogP contribution in [0.4, 0.5) is 0 Å². The Hall–Kier alpha value is -1.26. The minimum absolute atomic E-state index is 0.109. The van der Waals surface area contributed by atoms with E-state index in [4.69, 9.17) is 16.2 Å². The Morgan fingerprint density at radius 1 is 1.12 bits per heavy atom. The van der Waals surface area contributed by atoms with Gasteiger partial charge in [0.05, 0.1) is 13.7 Å². The van der Waals surface area contributed by atoms with E-state index in [0.29, 0.717) is 6.61 Å². The molecule has 0 atom stereocenters. The molecule has 0 saturated carbocycles. The lowest BCUT2D eigenvalue weighted by molar-refractivity contribution is -0.489. The molecule has 0 aliphatic heterocycles. The van der Waals surface area contributed by atoms with Crippen molar-refractivity contribution >= 4 is 11.9 Å². The van der Waals surface area contributed by atoms with Gasteiger partial charge in [-0.3, -0.25) is 16.0 Å². The molecule has 0 unspecified atom stereocenters. The van der Waals surface area contributed by atoms with Gasteiger partial charge in [-0.15, -0.1) is 0 Å². The third kappa shape index (κ3) is 9.66. The largest absolute Gasteiger partial charge is 0.463 e. The maximum atomic E-state index is 11.3. The second-order valence-electron chi connectivity index (χ2n) is 4.27. The van der Waals surface area contributed by atoms with E-state index in [1.807, 2.05) is 0 Å². The Kier molecular flexibility index (Phi) is 9.19. The Morgan fingerprint density at radius 3 is 2.29 bits per heavy atom. The van der Waals surface area contributed by atoms with Gasteiger partial charge in [-0.05, 0) is 6.42 Å². The molecule has 0 amide bonds. The molecule has 4 N–H and O–H groups in total. The van der Waals surface area contributed by atoms with Crippen LogP contribution in [0.3, 0.4) is 0 Å². The summed E-state index contributed by atoms with van der Waals surface area (Å²) in [5, 5.41) is 0. The van der Waals surface area contributed by atoms with Crippen LogP contribution in [0.5, 0.6) is 0 Å². The maximum absolute atomic E-state index is 11.3. The van der Waals surface area contributed by atoms with Crippen LogP contribution in [0.1, 0.15) is 45.4 Å². The molecular weight excluding hydrogens is 218 g/mol. The van der Waals surface area contributed by atoms with Crippen LogP contribution in [0.15, 0.2) is 0 Å². The van der Waals surface area contributed by atoms with Crippen molar-refractivity contribution < 1.29 is 14.1 Å². The number of ether oxygens (including phenoxy) is 1.